The molecule has 196 valence electrons. The van der Waals surface area contributed by atoms with Crippen LogP contribution in [0.3, 0.4) is 0 Å². The van der Waals surface area contributed by atoms with Gasteiger partial charge in [0.15, 0.2) is 6.04 Å². The van der Waals surface area contributed by atoms with Gasteiger partial charge in [-0.15, -0.1) is 0 Å². The van der Waals surface area contributed by atoms with Crippen LogP contribution in [0, 0.1) is 5.92 Å². The molecule has 0 rings (SSSR count). The number of carbonyl (C=O) groups excluding carboxylic acids is 3. The Hall–Kier alpha value is -2.77. The number of nitrogens with one attached hydrogen (secondary N) is 3. The number of hydrogen-bond acceptors (Lipinski definition) is 8. The highest BCUT2D eigenvalue weighted by Crippen LogP contribution is 2.08. The summed E-state index contributed by atoms with van der Waals surface area (Å²) in [5.41, 5.74) is 11.4. The van der Waals surface area contributed by atoms with Crippen LogP contribution in [0.5, 0.6) is 0 Å². The van der Waals surface area contributed by atoms with Crippen LogP contribution in [0.4, 0.5) is 0 Å². The van der Waals surface area contributed by atoms with E-state index in [1.807, 2.05) is 6.92 Å². The molecule has 0 aliphatic carbocycles. The minimum atomic E-state index is -1.60. The fourth-order valence-corrected chi connectivity index (χ4v) is 2.99. The first kappa shape index (κ1) is 31.2. The summed E-state index contributed by atoms with van der Waals surface area (Å²) in [7, 11) is 0. The number of unbranched alkanes of at least 4 members (excludes halogenated alkanes) is 1. The third-order valence-corrected chi connectivity index (χ3v) is 5.47. The highest BCUT2D eigenvalue weighted by molar-refractivity contribution is 5.94. The van der Waals surface area contributed by atoms with Gasteiger partial charge in [0, 0.05) is 6.42 Å². The van der Waals surface area contributed by atoms with Crippen LogP contribution in [0.1, 0.15) is 59.3 Å². The van der Waals surface area contributed by atoms with Crippen LogP contribution in [-0.4, -0.2) is 81.8 Å². The molecule has 0 aromatic heterocycles. The molecular formula is C21H39N5O8. The number of aliphatic hydroxyl groups excluding tert-OH is 1. The average molecular weight is 490 g/mol. The summed E-state index contributed by atoms with van der Waals surface area (Å²) >= 11 is 0. The molecule has 0 spiro atoms. The van der Waals surface area contributed by atoms with E-state index < -0.39 is 66.4 Å². The van der Waals surface area contributed by atoms with Crippen molar-refractivity contribution in [3.63, 3.8) is 0 Å². The van der Waals surface area contributed by atoms with E-state index >= 15 is 0 Å². The fraction of sp³-hybridized carbons (Fsp3) is 0.762. The molecule has 0 heterocycles. The van der Waals surface area contributed by atoms with Crippen molar-refractivity contribution >= 4 is 29.7 Å². The van der Waals surface area contributed by atoms with Crippen molar-refractivity contribution in [3.8, 4) is 0 Å². The van der Waals surface area contributed by atoms with Crippen LogP contribution < -0.4 is 27.4 Å². The standard InChI is InChI=1S/C21H39N5O8/c1-4-11(2)16(23)20(32)25-14(8-9-15(28)29)18(30)24-13(7-5-6-10-22)19(31)26-17(12(3)27)21(33)34/h11-14,16-17,27H,4-10,22-23H2,1-3H3,(H,24,30)(H,25,32)(H,26,31)(H,28,29)(H,33,34). The second-order valence-electron chi connectivity index (χ2n) is 8.32. The van der Waals surface area contributed by atoms with E-state index in [0.717, 1.165) is 0 Å². The quantitative estimate of drug-likeness (QED) is 0.107. The van der Waals surface area contributed by atoms with Gasteiger partial charge in [-0.25, -0.2) is 4.79 Å². The normalized spacial score (nSPS) is 16.3. The Kier molecular flexibility index (Phi) is 14.7. The molecule has 0 aliphatic rings. The van der Waals surface area contributed by atoms with Crippen molar-refractivity contribution in [2.24, 2.45) is 17.4 Å². The lowest BCUT2D eigenvalue weighted by molar-refractivity contribution is -0.145. The van der Waals surface area contributed by atoms with Crippen molar-refractivity contribution in [1.82, 2.24) is 16.0 Å². The molecule has 0 bridgehead atoms. The molecule has 34 heavy (non-hydrogen) atoms. The second-order valence-corrected chi connectivity index (χ2v) is 8.32. The summed E-state index contributed by atoms with van der Waals surface area (Å²) in [5.74, 6) is -5.13. The van der Waals surface area contributed by atoms with Gasteiger partial charge in [-0.05, 0) is 45.1 Å². The van der Waals surface area contributed by atoms with Gasteiger partial charge >= 0.3 is 11.9 Å². The minimum Gasteiger partial charge on any atom is -0.481 e. The summed E-state index contributed by atoms with van der Waals surface area (Å²) in [6, 6.07) is -5.00. The Morgan fingerprint density at radius 3 is 1.85 bits per heavy atom. The number of carboxylic acids is 2. The number of carboxylic acid groups (broad SMARTS) is 2. The van der Waals surface area contributed by atoms with E-state index in [2.05, 4.69) is 16.0 Å². The summed E-state index contributed by atoms with van der Waals surface area (Å²) in [6.07, 6.45) is -0.405. The van der Waals surface area contributed by atoms with Gasteiger partial charge in [0.25, 0.3) is 0 Å². The second kappa shape index (κ2) is 16.0. The minimum absolute atomic E-state index is 0.104. The number of nitrogens with two attached hydrogens (primary N) is 2. The predicted octanol–water partition coefficient (Wildman–Crippen LogP) is -1.73. The summed E-state index contributed by atoms with van der Waals surface area (Å²) in [6.45, 7) is 5.13. The van der Waals surface area contributed by atoms with Gasteiger partial charge in [0.1, 0.15) is 12.1 Å². The Labute approximate surface area is 199 Å². The number of rotatable bonds is 17. The molecule has 6 atom stereocenters. The highest BCUT2D eigenvalue weighted by Gasteiger charge is 2.32. The average Bonchev–Trinajstić information content (AvgIpc) is 2.77. The van der Waals surface area contributed by atoms with Crippen molar-refractivity contribution in [3.05, 3.63) is 0 Å². The van der Waals surface area contributed by atoms with E-state index in [1.165, 1.54) is 6.92 Å². The Morgan fingerprint density at radius 2 is 1.38 bits per heavy atom. The highest BCUT2D eigenvalue weighted by atomic mass is 16.4. The van der Waals surface area contributed by atoms with Crippen molar-refractivity contribution < 1.29 is 39.3 Å². The van der Waals surface area contributed by atoms with E-state index in [1.54, 1.807) is 6.92 Å². The fourth-order valence-electron chi connectivity index (χ4n) is 2.99. The number of aliphatic carboxylic acids is 2. The topological polar surface area (TPSA) is 234 Å². The zero-order valence-corrected chi connectivity index (χ0v) is 20.0. The van der Waals surface area contributed by atoms with Crippen LogP contribution in [0.15, 0.2) is 0 Å². The van der Waals surface area contributed by atoms with E-state index in [9.17, 15) is 34.2 Å². The van der Waals surface area contributed by atoms with Crippen molar-refractivity contribution in [1.29, 1.82) is 0 Å². The Balaban J connectivity index is 5.60. The predicted molar refractivity (Wildman–Crippen MR) is 122 cm³/mol. The van der Waals surface area contributed by atoms with Crippen LogP contribution in [0.25, 0.3) is 0 Å². The summed E-state index contributed by atoms with van der Waals surface area (Å²) in [4.78, 5) is 60.5. The largest absolute Gasteiger partial charge is 0.481 e. The molecule has 6 unspecified atom stereocenters. The van der Waals surface area contributed by atoms with Gasteiger partial charge in [-0.2, -0.15) is 0 Å². The third-order valence-electron chi connectivity index (χ3n) is 5.47. The first-order chi connectivity index (χ1) is 15.8. The van der Waals surface area contributed by atoms with Crippen molar-refractivity contribution in [2.75, 3.05) is 6.54 Å². The molecule has 0 aliphatic heterocycles. The molecule has 0 saturated heterocycles. The van der Waals surface area contributed by atoms with E-state index in [-0.39, 0.29) is 18.8 Å². The first-order valence-corrected chi connectivity index (χ1v) is 11.3. The number of hydrogen-bond donors (Lipinski definition) is 8. The molecule has 0 aromatic rings. The maximum absolute atomic E-state index is 12.9. The lowest BCUT2D eigenvalue weighted by Gasteiger charge is -2.26. The maximum Gasteiger partial charge on any atom is 0.328 e. The van der Waals surface area contributed by atoms with Crippen LogP contribution in [0.2, 0.25) is 0 Å². The maximum atomic E-state index is 12.9. The molecule has 10 N–H and O–H groups in total. The zero-order valence-electron chi connectivity index (χ0n) is 20.0. The Morgan fingerprint density at radius 1 is 0.853 bits per heavy atom. The van der Waals surface area contributed by atoms with E-state index in [4.69, 9.17) is 16.6 Å². The number of carbonyl (C=O) groups is 5. The van der Waals surface area contributed by atoms with Gasteiger partial charge in [0.2, 0.25) is 17.7 Å². The SMILES string of the molecule is CCC(C)C(N)C(=O)NC(CCC(=O)O)C(=O)NC(CCCCN)C(=O)NC(C(=O)O)C(C)O. The zero-order chi connectivity index (χ0) is 26.4. The molecule has 13 nitrogen and oxygen atoms in total. The van der Waals surface area contributed by atoms with Gasteiger partial charge in [0.05, 0.1) is 12.1 Å². The molecule has 13 heteroatoms. The third kappa shape index (κ3) is 11.4. The summed E-state index contributed by atoms with van der Waals surface area (Å²) < 4.78 is 0. The molecule has 0 saturated carbocycles. The van der Waals surface area contributed by atoms with Crippen LogP contribution in [-0.2, 0) is 24.0 Å². The number of amides is 3. The van der Waals surface area contributed by atoms with Crippen molar-refractivity contribution in [2.45, 2.75) is 89.6 Å². The molecular weight excluding hydrogens is 450 g/mol. The lowest BCUT2D eigenvalue weighted by Crippen LogP contribution is -2.58. The van der Waals surface area contributed by atoms with Gasteiger partial charge < -0.3 is 42.7 Å². The number of aliphatic hydroxyl groups is 1. The molecule has 3 amide bonds. The molecule has 0 aromatic carbocycles. The Bertz CT molecular complexity index is 703. The van der Waals surface area contributed by atoms with Crippen LogP contribution >= 0.6 is 0 Å². The molecule has 0 fully saturated rings. The monoisotopic (exact) mass is 489 g/mol. The summed E-state index contributed by atoms with van der Waals surface area (Å²) in [5, 5.41) is 34.9. The first-order valence-electron chi connectivity index (χ1n) is 11.3. The lowest BCUT2D eigenvalue weighted by atomic mass is 9.98. The van der Waals surface area contributed by atoms with Gasteiger partial charge in [-0.3, -0.25) is 19.2 Å². The molecule has 0 radical (unpaired) electrons. The smallest absolute Gasteiger partial charge is 0.328 e. The van der Waals surface area contributed by atoms with E-state index in [0.29, 0.717) is 25.8 Å². The van der Waals surface area contributed by atoms with Gasteiger partial charge in [-0.1, -0.05) is 20.3 Å².